The minimum atomic E-state index is -0.442. The van der Waals surface area contributed by atoms with E-state index in [0.717, 1.165) is 11.4 Å². The van der Waals surface area contributed by atoms with Gasteiger partial charge in [0.15, 0.2) is 0 Å². The van der Waals surface area contributed by atoms with E-state index in [1.807, 2.05) is 0 Å². The zero-order valence-electron chi connectivity index (χ0n) is 32.0. The molecule has 268 valence electrons. The quantitative estimate of drug-likeness (QED) is 0.175. The van der Waals surface area contributed by atoms with Crippen molar-refractivity contribution >= 4 is 27.8 Å². The third kappa shape index (κ3) is 4.24. The maximum absolute atomic E-state index is 2.48. The summed E-state index contributed by atoms with van der Waals surface area (Å²) in [4.78, 5) is 2.48. The number of fused-ring (bicyclic) bond motifs is 15. The lowest BCUT2D eigenvalue weighted by molar-refractivity contribution is 0.662. The second-order valence-corrected chi connectivity index (χ2v) is 16.4. The van der Waals surface area contributed by atoms with Crippen molar-refractivity contribution in [1.29, 1.82) is 0 Å². The van der Waals surface area contributed by atoms with Crippen molar-refractivity contribution in [1.82, 2.24) is 0 Å². The van der Waals surface area contributed by atoms with Crippen molar-refractivity contribution in [2.45, 2.75) is 24.7 Å². The monoisotopic (exact) mass is 725 g/mol. The average molecular weight is 726 g/mol. The molecule has 0 amide bonds. The number of para-hydroxylation sites is 1. The normalized spacial score (nSPS) is 14.4. The summed E-state index contributed by atoms with van der Waals surface area (Å²) in [6.07, 6.45) is 0. The SMILES string of the molecule is CC1(C)c2ccccc2-c2cccc(-c3ccc(N(c4ccccc4)c4cccc5c4-c4c(ccc6ccccc46)C54c5ccccc5-c5ccccc54)cc3)c21. The number of anilines is 3. The molecule has 9 aromatic rings. The molecule has 0 atom stereocenters. The van der Waals surface area contributed by atoms with Crippen molar-refractivity contribution in [3.8, 4) is 44.5 Å². The van der Waals surface area contributed by atoms with Crippen molar-refractivity contribution < 1.29 is 0 Å². The number of hydrogen-bond donors (Lipinski definition) is 0. The Morgan fingerprint density at radius 2 is 0.877 bits per heavy atom. The minimum Gasteiger partial charge on any atom is -0.310 e. The van der Waals surface area contributed by atoms with Crippen LogP contribution in [-0.2, 0) is 10.8 Å². The van der Waals surface area contributed by atoms with Crippen LogP contribution in [0.5, 0.6) is 0 Å². The average Bonchev–Trinajstić information content (AvgIpc) is 3.84. The zero-order valence-corrected chi connectivity index (χ0v) is 32.0. The number of rotatable bonds is 4. The molecule has 9 aromatic carbocycles. The molecule has 0 fully saturated rings. The third-order valence-electron chi connectivity index (χ3n) is 13.3. The van der Waals surface area contributed by atoms with Gasteiger partial charge in [-0.1, -0.05) is 184 Å². The third-order valence-corrected chi connectivity index (χ3v) is 13.3. The predicted octanol–water partition coefficient (Wildman–Crippen LogP) is 14.6. The van der Waals surface area contributed by atoms with Gasteiger partial charge in [-0.05, 0) is 113 Å². The van der Waals surface area contributed by atoms with Gasteiger partial charge >= 0.3 is 0 Å². The molecule has 0 unspecified atom stereocenters. The molecule has 3 aliphatic carbocycles. The second-order valence-electron chi connectivity index (χ2n) is 16.4. The first kappa shape index (κ1) is 32.3. The van der Waals surface area contributed by atoms with Crippen molar-refractivity contribution in [2.24, 2.45) is 0 Å². The van der Waals surface area contributed by atoms with Crippen LogP contribution in [0.2, 0.25) is 0 Å². The number of nitrogens with zero attached hydrogens (tertiary/aromatic N) is 1. The molecule has 1 spiro atoms. The molecule has 1 heteroatoms. The van der Waals surface area contributed by atoms with Crippen molar-refractivity contribution in [3.63, 3.8) is 0 Å². The van der Waals surface area contributed by atoms with Crippen LogP contribution in [0.15, 0.2) is 200 Å². The van der Waals surface area contributed by atoms with E-state index in [4.69, 9.17) is 0 Å². The summed E-state index contributed by atoms with van der Waals surface area (Å²) >= 11 is 0. The van der Waals surface area contributed by atoms with Crippen LogP contribution >= 0.6 is 0 Å². The topological polar surface area (TPSA) is 3.24 Å². The van der Waals surface area contributed by atoms with Gasteiger partial charge < -0.3 is 4.90 Å². The fourth-order valence-corrected chi connectivity index (χ4v) is 11.0. The largest absolute Gasteiger partial charge is 0.310 e. The lowest BCUT2D eigenvalue weighted by atomic mass is 9.70. The molecule has 0 radical (unpaired) electrons. The summed E-state index contributed by atoms with van der Waals surface area (Å²) in [6, 6.07) is 74.8. The Hall–Kier alpha value is -6.96. The van der Waals surface area contributed by atoms with E-state index < -0.39 is 5.41 Å². The van der Waals surface area contributed by atoms with Crippen LogP contribution in [0.1, 0.15) is 47.2 Å². The van der Waals surface area contributed by atoms with E-state index in [1.54, 1.807) is 0 Å². The van der Waals surface area contributed by atoms with Gasteiger partial charge in [-0.15, -0.1) is 0 Å². The number of hydrogen-bond acceptors (Lipinski definition) is 1. The summed E-state index contributed by atoms with van der Waals surface area (Å²) in [6.45, 7) is 4.75. The molecule has 0 bridgehead atoms. The van der Waals surface area contributed by atoms with Crippen molar-refractivity contribution in [3.05, 3.63) is 234 Å². The summed E-state index contributed by atoms with van der Waals surface area (Å²) in [5.41, 5.74) is 21.6. The molecule has 1 nitrogen and oxygen atoms in total. The van der Waals surface area contributed by atoms with Gasteiger partial charge in [-0.25, -0.2) is 0 Å². The van der Waals surface area contributed by atoms with E-state index in [-0.39, 0.29) is 5.41 Å². The molecule has 0 saturated heterocycles. The van der Waals surface area contributed by atoms with Crippen LogP contribution < -0.4 is 4.90 Å². The lowest BCUT2D eigenvalue weighted by Crippen LogP contribution is -2.26. The zero-order chi connectivity index (χ0) is 37.9. The highest BCUT2D eigenvalue weighted by atomic mass is 15.1. The van der Waals surface area contributed by atoms with Gasteiger partial charge in [0.25, 0.3) is 0 Å². The molecular formula is C56H39N. The first-order valence-corrected chi connectivity index (χ1v) is 20.1. The lowest BCUT2D eigenvalue weighted by Gasteiger charge is -2.32. The van der Waals surface area contributed by atoms with Crippen LogP contribution in [0.25, 0.3) is 55.3 Å². The van der Waals surface area contributed by atoms with E-state index in [1.165, 1.54) is 94.3 Å². The molecule has 57 heavy (non-hydrogen) atoms. The van der Waals surface area contributed by atoms with E-state index in [2.05, 4.69) is 219 Å². The van der Waals surface area contributed by atoms with E-state index in [9.17, 15) is 0 Å². The van der Waals surface area contributed by atoms with E-state index in [0.29, 0.717) is 0 Å². The minimum absolute atomic E-state index is 0.0918. The Kier molecular flexibility index (Phi) is 6.67. The second kappa shape index (κ2) is 11.8. The smallest absolute Gasteiger partial charge is 0.0726 e. The van der Waals surface area contributed by atoms with Crippen LogP contribution in [0.4, 0.5) is 17.1 Å². The molecule has 0 N–H and O–H groups in total. The highest BCUT2D eigenvalue weighted by molar-refractivity contribution is 6.10. The summed E-state index contributed by atoms with van der Waals surface area (Å²) in [5, 5.41) is 2.54. The van der Waals surface area contributed by atoms with Gasteiger partial charge in [0, 0.05) is 22.4 Å². The molecule has 0 aromatic heterocycles. The molecule has 12 rings (SSSR count). The van der Waals surface area contributed by atoms with Crippen LogP contribution in [0, 0.1) is 0 Å². The standard InChI is InChI=1S/C56H39N/c1-55(2)46-25-11-8-22-44(46)45-24-14-23-41(54(45)55)37-30-33-39(34-31-37)57(38-17-4-3-5-18-38)51-29-15-28-49-53(51)52-40-19-7-6-16-36(40)32-35-50(52)56(49)47-26-12-9-20-42(47)43-21-10-13-27-48(43)56/h3-35H,1-2H3. The Labute approximate surface area is 334 Å². The van der Waals surface area contributed by atoms with Gasteiger partial charge in [0.2, 0.25) is 0 Å². The fourth-order valence-electron chi connectivity index (χ4n) is 11.0. The molecular weight excluding hydrogens is 687 g/mol. The molecule has 0 heterocycles. The van der Waals surface area contributed by atoms with E-state index >= 15 is 0 Å². The molecule has 0 aliphatic heterocycles. The summed E-state index contributed by atoms with van der Waals surface area (Å²) < 4.78 is 0. The first-order chi connectivity index (χ1) is 28.1. The molecule has 0 saturated carbocycles. The van der Waals surface area contributed by atoms with Crippen LogP contribution in [0.3, 0.4) is 0 Å². The highest BCUT2D eigenvalue weighted by Gasteiger charge is 2.53. The Morgan fingerprint density at radius 1 is 0.351 bits per heavy atom. The Morgan fingerprint density at radius 3 is 1.61 bits per heavy atom. The van der Waals surface area contributed by atoms with Gasteiger partial charge in [-0.3, -0.25) is 0 Å². The van der Waals surface area contributed by atoms with Gasteiger partial charge in [0.1, 0.15) is 0 Å². The maximum Gasteiger partial charge on any atom is 0.0726 e. The van der Waals surface area contributed by atoms with Crippen molar-refractivity contribution in [2.75, 3.05) is 4.90 Å². The maximum atomic E-state index is 2.48. The molecule has 3 aliphatic rings. The summed E-state index contributed by atoms with van der Waals surface area (Å²) in [5.74, 6) is 0. The fraction of sp³-hybridized carbons (Fsp3) is 0.0714. The van der Waals surface area contributed by atoms with Gasteiger partial charge in [0.05, 0.1) is 11.1 Å². The Bertz CT molecular complexity index is 3050. The predicted molar refractivity (Wildman–Crippen MR) is 238 cm³/mol. The highest BCUT2D eigenvalue weighted by Crippen LogP contribution is 2.65. The summed E-state index contributed by atoms with van der Waals surface area (Å²) in [7, 11) is 0. The Balaban J connectivity index is 1.10. The van der Waals surface area contributed by atoms with Gasteiger partial charge in [-0.2, -0.15) is 0 Å². The van der Waals surface area contributed by atoms with Crippen LogP contribution in [-0.4, -0.2) is 0 Å². The first-order valence-electron chi connectivity index (χ1n) is 20.1. The number of benzene rings is 9.